The van der Waals surface area contributed by atoms with Crippen LogP contribution in [0.3, 0.4) is 0 Å². The van der Waals surface area contributed by atoms with Crippen LogP contribution in [-0.2, 0) is 4.74 Å². The molecule has 0 bridgehead atoms. The number of hydrogen-bond donors (Lipinski definition) is 1. The fraction of sp³-hybridized carbons (Fsp3) is 1.00. The summed E-state index contributed by atoms with van der Waals surface area (Å²) in [5, 5.41) is 9.68. The number of hydrogen-bond acceptors (Lipinski definition) is 2. The van der Waals surface area contributed by atoms with E-state index < -0.39 is 0 Å². The van der Waals surface area contributed by atoms with Crippen molar-refractivity contribution in [1.82, 2.24) is 0 Å². The largest absolute Gasteiger partial charge is 0.392 e. The molecule has 0 aromatic rings. The van der Waals surface area contributed by atoms with Crippen LogP contribution in [0.2, 0.25) is 0 Å². The molecule has 2 nitrogen and oxygen atoms in total. The first-order valence-electron chi connectivity index (χ1n) is 5.00. The molecule has 0 unspecified atom stereocenters. The lowest BCUT2D eigenvalue weighted by Gasteiger charge is -2.52. The summed E-state index contributed by atoms with van der Waals surface area (Å²) in [5.41, 5.74) is 0.0655. The maximum atomic E-state index is 9.68. The Bertz CT molecular complexity index is 139. The normalized spacial score (nSPS) is 33.0. The molecular weight excluding hydrogens is 152 g/mol. The molecule has 1 rings (SSSR count). The highest BCUT2D eigenvalue weighted by molar-refractivity contribution is 5.02. The molecule has 72 valence electrons. The van der Waals surface area contributed by atoms with E-state index in [2.05, 4.69) is 13.8 Å². The van der Waals surface area contributed by atoms with Gasteiger partial charge in [-0.05, 0) is 19.8 Å². The molecule has 0 amide bonds. The van der Waals surface area contributed by atoms with Crippen LogP contribution in [0.1, 0.15) is 40.0 Å². The van der Waals surface area contributed by atoms with E-state index in [1.165, 1.54) is 0 Å². The molecule has 0 heterocycles. The van der Waals surface area contributed by atoms with E-state index in [1.807, 2.05) is 6.92 Å². The molecule has 1 fully saturated rings. The zero-order chi connectivity index (χ0) is 9.19. The van der Waals surface area contributed by atoms with E-state index in [4.69, 9.17) is 4.74 Å². The van der Waals surface area contributed by atoms with Gasteiger partial charge in [0.15, 0.2) is 0 Å². The summed E-state index contributed by atoms with van der Waals surface area (Å²) in [4.78, 5) is 0. The fourth-order valence-electron chi connectivity index (χ4n) is 2.34. The molecule has 0 spiro atoms. The summed E-state index contributed by atoms with van der Waals surface area (Å²) < 4.78 is 5.59. The topological polar surface area (TPSA) is 29.5 Å². The van der Waals surface area contributed by atoms with Gasteiger partial charge in [-0.25, -0.2) is 0 Å². The lowest BCUT2D eigenvalue weighted by Crippen LogP contribution is -2.57. The monoisotopic (exact) mass is 172 g/mol. The van der Waals surface area contributed by atoms with Gasteiger partial charge in [-0.1, -0.05) is 13.8 Å². The van der Waals surface area contributed by atoms with Gasteiger partial charge in [0.05, 0.1) is 12.2 Å². The van der Waals surface area contributed by atoms with Crippen molar-refractivity contribution in [2.24, 2.45) is 5.41 Å². The van der Waals surface area contributed by atoms with Crippen LogP contribution in [0.4, 0.5) is 0 Å². The Balaban J connectivity index is 2.56. The molecule has 12 heavy (non-hydrogen) atoms. The zero-order valence-corrected chi connectivity index (χ0v) is 8.34. The van der Waals surface area contributed by atoms with Crippen molar-refractivity contribution in [3.8, 4) is 0 Å². The van der Waals surface area contributed by atoms with E-state index in [9.17, 15) is 5.11 Å². The minimum atomic E-state index is -0.135. The molecule has 2 heteroatoms. The third kappa shape index (κ3) is 1.27. The Morgan fingerprint density at radius 3 is 2.25 bits per heavy atom. The Hall–Kier alpha value is -0.0800. The van der Waals surface area contributed by atoms with Crippen molar-refractivity contribution in [3.05, 3.63) is 0 Å². The second kappa shape index (κ2) is 3.75. The quantitative estimate of drug-likeness (QED) is 0.702. The van der Waals surface area contributed by atoms with Gasteiger partial charge in [0, 0.05) is 18.4 Å². The van der Waals surface area contributed by atoms with Crippen LogP contribution in [-0.4, -0.2) is 23.9 Å². The average Bonchev–Trinajstić information content (AvgIpc) is 2.07. The molecule has 1 aliphatic rings. The van der Waals surface area contributed by atoms with Crippen LogP contribution in [0.5, 0.6) is 0 Å². The molecule has 0 aliphatic heterocycles. The highest BCUT2D eigenvalue weighted by atomic mass is 16.5. The Labute approximate surface area is 74.9 Å². The number of aliphatic hydroxyl groups excluding tert-OH is 1. The van der Waals surface area contributed by atoms with Crippen molar-refractivity contribution >= 4 is 0 Å². The Morgan fingerprint density at radius 2 is 1.92 bits per heavy atom. The molecule has 2 atom stereocenters. The lowest BCUT2D eigenvalue weighted by atomic mass is 9.60. The second-order valence-corrected chi connectivity index (χ2v) is 3.64. The van der Waals surface area contributed by atoms with Crippen molar-refractivity contribution in [3.63, 3.8) is 0 Å². The third-order valence-electron chi connectivity index (χ3n) is 3.43. The van der Waals surface area contributed by atoms with Crippen LogP contribution in [0.25, 0.3) is 0 Å². The first kappa shape index (κ1) is 10.0. The van der Waals surface area contributed by atoms with Crippen LogP contribution in [0.15, 0.2) is 0 Å². The molecule has 0 radical (unpaired) electrons. The summed E-state index contributed by atoms with van der Waals surface area (Å²) in [6.07, 6.45) is 3.04. The standard InChI is InChI=1S/C10H20O2/c1-4-10(5-2)8(11)7-9(10)12-6-3/h8-9,11H,4-7H2,1-3H3/t8-,9+/m1/s1. The van der Waals surface area contributed by atoms with Crippen LogP contribution >= 0.6 is 0 Å². The van der Waals surface area contributed by atoms with Gasteiger partial charge in [-0.3, -0.25) is 0 Å². The Morgan fingerprint density at radius 1 is 1.33 bits per heavy atom. The molecular formula is C10H20O2. The number of rotatable bonds is 4. The van der Waals surface area contributed by atoms with E-state index in [0.29, 0.717) is 6.10 Å². The van der Waals surface area contributed by atoms with Crippen molar-refractivity contribution < 1.29 is 9.84 Å². The maximum Gasteiger partial charge on any atom is 0.0680 e. The minimum absolute atomic E-state index is 0.0655. The van der Waals surface area contributed by atoms with Crippen molar-refractivity contribution in [2.45, 2.75) is 52.2 Å². The molecule has 0 aromatic heterocycles. The maximum absolute atomic E-state index is 9.68. The van der Waals surface area contributed by atoms with E-state index in [0.717, 1.165) is 25.9 Å². The van der Waals surface area contributed by atoms with Gasteiger partial charge in [0.2, 0.25) is 0 Å². The predicted octanol–water partition coefficient (Wildman–Crippen LogP) is 1.96. The minimum Gasteiger partial charge on any atom is -0.392 e. The van der Waals surface area contributed by atoms with Crippen molar-refractivity contribution in [2.75, 3.05) is 6.61 Å². The smallest absolute Gasteiger partial charge is 0.0680 e. The van der Waals surface area contributed by atoms with E-state index >= 15 is 0 Å². The first-order valence-corrected chi connectivity index (χ1v) is 5.00. The zero-order valence-electron chi connectivity index (χ0n) is 8.34. The first-order chi connectivity index (χ1) is 5.71. The second-order valence-electron chi connectivity index (χ2n) is 3.64. The van der Waals surface area contributed by atoms with Gasteiger partial charge in [0.25, 0.3) is 0 Å². The number of ether oxygens (including phenoxy) is 1. The molecule has 1 aliphatic carbocycles. The van der Waals surface area contributed by atoms with Gasteiger partial charge >= 0.3 is 0 Å². The fourth-order valence-corrected chi connectivity index (χ4v) is 2.34. The number of aliphatic hydroxyl groups is 1. The third-order valence-corrected chi connectivity index (χ3v) is 3.43. The van der Waals surface area contributed by atoms with E-state index in [-0.39, 0.29) is 11.5 Å². The van der Waals surface area contributed by atoms with Crippen LogP contribution in [0, 0.1) is 5.41 Å². The summed E-state index contributed by atoms with van der Waals surface area (Å²) in [7, 11) is 0. The molecule has 0 saturated heterocycles. The predicted molar refractivity (Wildman–Crippen MR) is 49.1 cm³/mol. The van der Waals surface area contributed by atoms with Gasteiger partial charge < -0.3 is 9.84 Å². The summed E-state index contributed by atoms with van der Waals surface area (Å²) in [6, 6.07) is 0. The van der Waals surface area contributed by atoms with Crippen molar-refractivity contribution in [1.29, 1.82) is 0 Å². The summed E-state index contributed by atoms with van der Waals surface area (Å²) >= 11 is 0. The Kier molecular flexibility index (Phi) is 3.13. The highest BCUT2D eigenvalue weighted by Crippen LogP contribution is 2.48. The van der Waals surface area contributed by atoms with Crippen LogP contribution < -0.4 is 0 Å². The van der Waals surface area contributed by atoms with Gasteiger partial charge in [0.1, 0.15) is 0 Å². The summed E-state index contributed by atoms with van der Waals surface area (Å²) in [5.74, 6) is 0. The average molecular weight is 172 g/mol. The van der Waals surface area contributed by atoms with Gasteiger partial charge in [-0.2, -0.15) is 0 Å². The molecule has 1 saturated carbocycles. The van der Waals surface area contributed by atoms with E-state index in [1.54, 1.807) is 0 Å². The lowest BCUT2D eigenvalue weighted by molar-refractivity contribution is -0.194. The summed E-state index contributed by atoms with van der Waals surface area (Å²) in [6.45, 7) is 7.05. The SMILES string of the molecule is CCO[C@H]1C[C@@H](O)C1(CC)CC. The molecule has 0 aromatic carbocycles. The molecule has 1 N–H and O–H groups in total. The highest BCUT2D eigenvalue weighted by Gasteiger charge is 2.52. The van der Waals surface area contributed by atoms with Gasteiger partial charge in [-0.15, -0.1) is 0 Å².